The van der Waals surface area contributed by atoms with Crippen molar-refractivity contribution in [1.29, 1.82) is 0 Å². The molecule has 4 atom stereocenters. The Morgan fingerprint density at radius 1 is 1.13 bits per heavy atom. The number of nitrogens with zero attached hydrogens (tertiary/aromatic N) is 1. The summed E-state index contributed by atoms with van der Waals surface area (Å²) in [6.07, 6.45) is 3.88. The van der Waals surface area contributed by atoms with Gasteiger partial charge in [-0.1, -0.05) is 67.4 Å². The molecule has 0 aromatic heterocycles. The van der Waals surface area contributed by atoms with E-state index in [9.17, 15) is 0 Å². The van der Waals surface area contributed by atoms with Crippen molar-refractivity contribution in [2.45, 2.75) is 51.6 Å². The Hall–Kier alpha value is -1.77. The van der Waals surface area contributed by atoms with Crippen LogP contribution in [-0.4, -0.2) is 23.1 Å². The van der Waals surface area contributed by atoms with Gasteiger partial charge in [0.1, 0.15) is 0 Å². The van der Waals surface area contributed by atoms with Gasteiger partial charge in [0.05, 0.1) is 11.3 Å². The predicted octanol–water partition coefficient (Wildman–Crippen LogP) is 7.27. The number of hydrogen-bond donors (Lipinski definition) is 0. The van der Waals surface area contributed by atoms with Crippen LogP contribution < -0.4 is 0 Å². The normalized spacial score (nSPS) is 28.4. The van der Waals surface area contributed by atoms with Crippen LogP contribution in [0.15, 0.2) is 61.2 Å². The van der Waals surface area contributed by atoms with E-state index in [2.05, 4.69) is 62.3 Å². The lowest BCUT2D eigenvalue weighted by Gasteiger charge is -2.39. The minimum atomic E-state index is -0.0959. The molecule has 158 valence electrons. The molecule has 0 radical (unpaired) electrons. The minimum absolute atomic E-state index is 0.0959. The molecule has 0 aliphatic carbocycles. The summed E-state index contributed by atoms with van der Waals surface area (Å²) in [4.78, 5) is 0. The molecule has 0 amide bonds. The lowest BCUT2D eigenvalue weighted by Crippen LogP contribution is -2.46. The summed E-state index contributed by atoms with van der Waals surface area (Å²) in [7, 11) is 0. The van der Waals surface area contributed by atoms with Crippen LogP contribution in [0.5, 0.6) is 0 Å². The van der Waals surface area contributed by atoms with E-state index in [-0.39, 0.29) is 17.4 Å². The van der Waals surface area contributed by atoms with Gasteiger partial charge < -0.3 is 4.74 Å². The second-order valence-corrected chi connectivity index (χ2v) is 10.1. The maximum absolute atomic E-state index is 6.43. The monoisotopic (exact) mass is 442 g/mol. The standard InChI is InChI=1S/C26H30Cl2NO/c1-5-13-26(4)15-22(19-7-6-8-21(28)14-19)24(18-9-11-20(27)12-10-18)29-23(17(2)3)16-30-25(26)29/h5-12,14,17,22-24H,1,13,15-16H2,2-4H3/q+1/t22?,23-,24-,26+/m1/s1. The molecule has 2 heterocycles. The quantitative estimate of drug-likeness (QED) is 0.350. The first kappa shape index (κ1) is 21.5. The van der Waals surface area contributed by atoms with E-state index >= 15 is 0 Å². The van der Waals surface area contributed by atoms with E-state index in [1.54, 1.807) is 0 Å². The summed E-state index contributed by atoms with van der Waals surface area (Å²) in [5, 5.41) is 1.54. The number of halogens is 2. The first-order valence-electron chi connectivity index (χ1n) is 10.7. The van der Waals surface area contributed by atoms with Crippen LogP contribution in [0, 0.1) is 11.3 Å². The number of rotatable bonds is 5. The van der Waals surface area contributed by atoms with Crippen LogP contribution >= 0.6 is 23.2 Å². The van der Waals surface area contributed by atoms with Crippen molar-refractivity contribution in [2.24, 2.45) is 11.3 Å². The third kappa shape index (κ3) is 3.81. The minimum Gasteiger partial charge on any atom is -0.441 e. The Balaban J connectivity index is 1.94. The van der Waals surface area contributed by atoms with Crippen LogP contribution in [0.3, 0.4) is 0 Å². The van der Waals surface area contributed by atoms with E-state index < -0.39 is 0 Å². The predicted molar refractivity (Wildman–Crippen MR) is 126 cm³/mol. The summed E-state index contributed by atoms with van der Waals surface area (Å²) in [6, 6.07) is 17.1. The highest BCUT2D eigenvalue weighted by Crippen LogP contribution is 2.51. The Morgan fingerprint density at radius 3 is 2.50 bits per heavy atom. The number of benzene rings is 2. The molecule has 2 aromatic rings. The molecule has 1 unspecified atom stereocenters. The van der Waals surface area contributed by atoms with E-state index in [0.717, 1.165) is 35.4 Å². The van der Waals surface area contributed by atoms with E-state index in [1.807, 2.05) is 24.3 Å². The summed E-state index contributed by atoms with van der Waals surface area (Å²) >= 11 is 12.7. The molecule has 0 saturated carbocycles. The SMILES string of the molecule is C=CC[C@@]1(C)CC(c2cccc(Cl)c2)[C@@H](c2ccc(Cl)cc2)[N+]2=C1OC[C@@H]2C(C)C. The molecule has 0 spiro atoms. The van der Waals surface area contributed by atoms with Crippen LogP contribution in [0.2, 0.25) is 10.0 Å². The molecule has 0 N–H and O–H groups in total. The lowest BCUT2D eigenvalue weighted by molar-refractivity contribution is -0.616. The number of ether oxygens (including phenoxy) is 1. The Kier molecular flexibility index (Phi) is 6.01. The average Bonchev–Trinajstić information content (AvgIpc) is 3.15. The zero-order chi connectivity index (χ0) is 21.5. The second-order valence-electron chi connectivity index (χ2n) is 9.25. The zero-order valence-corrected chi connectivity index (χ0v) is 19.5. The average molecular weight is 443 g/mol. The van der Waals surface area contributed by atoms with Gasteiger partial charge in [0.25, 0.3) is 0 Å². The van der Waals surface area contributed by atoms with Gasteiger partial charge in [0, 0.05) is 21.5 Å². The Morgan fingerprint density at radius 2 is 1.87 bits per heavy atom. The van der Waals surface area contributed by atoms with Gasteiger partial charge in [-0.05, 0) is 49.6 Å². The molecule has 0 bridgehead atoms. The summed E-state index contributed by atoms with van der Waals surface area (Å²) in [5.41, 5.74) is 2.44. The van der Waals surface area contributed by atoms with E-state index in [1.165, 1.54) is 11.1 Å². The Labute approximate surface area is 190 Å². The van der Waals surface area contributed by atoms with Crippen molar-refractivity contribution in [2.75, 3.05) is 6.61 Å². The van der Waals surface area contributed by atoms with Crippen LogP contribution in [0.1, 0.15) is 56.7 Å². The number of hydrogen-bond acceptors (Lipinski definition) is 1. The molecule has 0 saturated heterocycles. The number of allylic oxidation sites excluding steroid dienone is 1. The Bertz CT molecular complexity index is 965. The van der Waals surface area contributed by atoms with E-state index in [0.29, 0.717) is 12.0 Å². The van der Waals surface area contributed by atoms with Crippen LogP contribution in [-0.2, 0) is 4.74 Å². The van der Waals surface area contributed by atoms with Crippen LogP contribution in [0.25, 0.3) is 0 Å². The summed E-state index contributed by atoms with van der Waals surface area (Å²) in [5.74, 6) is 1.87. The van der Waals surface area contributed by atoms with Crippen LogP contribution in [0.4, 0.5) is 0 Å². The molecule has 2 aliphatic rings. The van der Waals surface area contributed by atoms with Crippen molar-refractivity contribution in [3.63, 3.8) is 0 Å². The third-order valence-electron chi connectivity index (χ3n) is 6.70. The van der Waals surface area contributed by atoms with Gasteiger partial charge in [0.2, 0.25) is 0 Å². The first-order chi connectivity index (χ1) is 14.3. The van der Waals surface area contributed by atoms with Gasteiger partial charge in [-0.25, -0.2) is 0 Å². The molecule has 2 aliphatic heterocycles. The van der Waals surface area contributed by atoms with Crippen molar-refractivity contribution in [3.05, 3.63) is 82.4 Å². The molecule has 30 heavy (non-hydrogen) atoms. The molecule has 2 nitrogen and oxygen atoms in total. The topological polar surface area (TPSA) is 12.2 Å². The van der Waals surface area contributed by atoms with Gasteiger partial charge >= 0.3 is 5.90 Å². The smallest absolute Gasteiger partial charge is 0.343 e. The fourth-order valence-corrected chi connectivity index (χ4v) is 5.58. The summed E-state index contributed by atoms with van der Waals surface area (Å²) < 4.78 is 8.99. The molecular formula is C26H30Cl2NO+. The second kappa shape index (κ2) is 8.40. The largest absolute Gasteiger partial charge is 0.441 e. The highest BCUT2D eigenvalue weighted by molar-refractivity contribution is 6.30. The molecule has 4 rings (SSSR count). The third-order valence-corrected chi connectivity index (χ3v) is 7.19. The summed E-state index contributed by atoms with van der Waals surface area (Å²) in [6.45, 7) is 11.6. The molecule has 0 fully saturated rings. The maximum atomic E-state index is 6.43. The fourth-order valence-electron chi connectivity index (χ4n) is 5.26. The first-order valence-corrected chi connectivity index (χ1v) is 11.5. The van der Waals surface area contributed by atoms with Gasteiger partial charge in [0.15, 0.2) is 18.7 Å². The van der Waals surface area contributed by atoms with Crippen molar-refractivity contribution in [3.8, 4) is 0 Å². The lowest BCUT2D eigenvalue weighted by atomic mass is 9.69. The highest BCUT2D eigenvalue weighted by atomic mass is 35.5. The van der Waals surface area contributed by atoms with Gasteiger partial charge in [-0.3, -0.25) is 0 Å². The van der Waals surface area contributed by atoms with Crippen molar-refractivity contribution in [1.82, 2.24) is 0 Å². The molecule has 2 aromatic carbocycles. The maximum Gasteiger partial charge on any atom is 0.343 e. The van der Waals surface area contributed by atoms with Crippen molar-refractivity contribution < 1.29 is 9.31 Å². The fraction of sp³-hybridized carbons (Fsp3) is 0.423. The zero-order valence-electron chi connectivity index (χ0n) is 17.9. The molecule has 4 heteroatoms. The van der Waals surface area contributed by atoms with Gasteiger partial charge in [-0.2, -0.15) is 4.58 Å². The highest BCUT2D eigenvalue weighted by Gasteiger charge is 2.57. The van der Waals surface area contributed by atoms with E-state index in [4.69, 9.17) is 27.9 Å². The molecular weight excluding hydrogens is 413 g/mol. The van der Waals surface area contributed by atoms with Gasteiger partial charge in [-0.15, -0.1) is 6.58 Å². The van der Waals surface area contributed by atoms with Crippen molar-refractivity contribution >= 4 is 29.1 Å².